The number of hydrogen-bond acceptors (Lipinski definition) is 8. The summed E-state index contributed by atoms with van der Waals surface area (Å²) in [5.74, 6) is -0.0498. The number of benzene rings is 3. The van der Waals surface area contributed by atoms with Gasteiger partial charge in [-0.05, 0) is 72.3 Å². The van der Waals surface area contributed by atoms with Gasteiger partial charge in [-0.25, -0.2) is 14.4 Å². The molecule has 7 rings (SSSR count). The molecule has 0 saturated carbocycles. The zero-order valence-corrected chi connectivity index (χ0v) is 25.3. The smallest absolute Gasteiger partial charge is 0.267 e. The van der Waals surface area contributed by atoms with Crippen molar-refractivity contribution >= 4 is 40.0 Å². The van der Waals surface area contributed by atoms with Gasteiger partial charge in [-0.15, -0.1) is 0 Å². The largest absolute Gasteiger partial charge is 0.438 e. The van der Waals surface area contributed by atoms with Gasteiger partial charge in [0.15, 0.2) is 0 Å². The molecule has 232 valence electrons. The molecule has 13 heteroatoms. The highest BCUT2D eigenvalue weighted by atomic mass is 35.5. The summed E-state index contributed by atoms with van der Waals surface area (Å²) in [5.41, 5.74) is 9.24. The van der Waals surface area contributed by atoms with Crippen molar-refractivity contribution in [1.29, 1.82) is 0 Å². The molecular formula is C34H23ClFN7O4. The fourth-order valence-electron chi connectivity index (χ4n) is 5.12. The van der Waals surface area contributed by atoms with Gasteiger partial charge in [0.1, 0.15) is 34.6 Å². The highest BCUT2D eigenvalue weighted by Crippen LogP contribution is 2.44. The maximum absolute atomic E-state index is 13.6. The number of rotatable bonds is 7. The minimum absolute atomic E-state index is 0.116. The van der Waals surface area contributed by atoms with Gasteiger partial charge in [0.25, 0.3) is 11.5 Å². The minimum atomic E-state index is -0.628. The Kier molecular flexibility index (Phi) is 7.46. The molecular weight excluding hydrogens is 625 g/mol. The molecule has 0 radical (unpaired) electrons. The molecule has 0 fully saturated rings. The number of pyridine rings is 1. The van der Waals surface area contributed by atoms with Crippen LogP contribution in [0.1, 0.15) is 10.4 Å². The molecule has 7 aromatic rings. The molecule has 3 N–H and O–H groups in total. The zero-order valence-electron chi connectivity index (χ0n) is 24.5. The summed E-state index contributed by atoms with van der Waals surface area (Å²) >= 11 is 5.89. The SMILES string of the molecule is Cn1cc(-c2oc3ncnc(Oc4ccc(NC(=O)c5cccn(-c6ccc(F)c(Cl)c6)c5=O)cc4)c3c2-c2cccc(N)c2)cn1. The van der Waals surface area contributed by atoms with Crippen LogP contribution in [-0.4, -0.2) is 30.2 Å². The Bertz CT molecular complexity index is 2370. The lowest BCUT2D eigenvalue weighted by Crippen LogP contribution is -2.27. The van der Waals surface area contributed by atoms with E-state index in [0.717, 1.165) is 17.2 Å². The van der Waals surface area contributed by atoms with E-state index in [4.69, 9.17) is 26.5 Å². The summed E-state index contributed by atoms with van der Waals surface area (Å²) in [6.07, 6.45) is 6.34. The number of nitrogens with one attached hydrogen (secondary N) is 1. The fourth-order valence-corrected chi connectivity index (χ4v) is 5.29. The van der Waals surface area contributed by atoms with Gasteiger partial charge < -0.3 is 20.2 Å². The number of halogens is 2. The van der Waals surface area contributed by atoms with Crippen LogP contribution in [0.4, 0.5) is 15.8 Å². The van der Waals surface area contributed by atoms with Gasteiger partial charge in [0.2, 0.25) is 11.6 Å². The Balaban J connectivity index is 1.17. The first-order valence-electron chi connectivity index (χ1n) is 14.1. The second-order valence-electron chi connectivity index (χ2n) is 10.5. The lowest BCUT2D eigenvalue weighted by atomic mass is 10.0. The summed E-state index contributed by atoms with van der Waals surface area (Å²) < 4.78 is 29.0. The molecule has 4 aromatic heterocycles. The normalized spacial score (nSPS) is 11.1. The van der Waals surface area contributed by atoms with Crippen molar-refractivity contribution in [3.05, 3.63) is 131 Å². The number of ether oxygens (including phenoxy) is 1. The maximum atomic E-state index is 13.6. The van der Waals surface area contributed by atoms with Crippen molar-refractivity contribution in [3.8, 4) is 39.8 Å². The van der Waals surface area contributed by atoms with E-state index in [2.05, 4.69) is 20.4 Å². The van der Waals surface area contributed by atoms with Gasteiger partial charge in [0.05, 0.1) is 22.5 Å². The molecule has 0 aliphatic heterocycles. The van der Waals surface area contributed by atoms with Crippen LogP contribution in [0.15, 0.2) is 113 Å². The molecule has 0 spiro atoms. The highest BCUT2D eigenvalue weighted by molar-refractivity contribution is 6.30. The number of furan rings is 1. The summed E-state index contributed by atoms with van der Waals surface area (Å²) in [6, 6.07) is 20.7. The van der Waals surface area contributed by atoms with Gasteiger partial charge in [-0.2, -0.15) is 5.10 Å². The van der Waals surface area contributed by atoms with E-state index < -0.39 is 17.3 Å². The van der Waals surface area contributed by atoms with E-state index in [1.807, 2.05) is 31.4 Å². The summed E-state index contributed by atoms with van der Waals surface area (Å²) in [5, 5.41) is 7.40. The van der Waals surface area contributed by atoms with Crippen LogP contribution in [0.5, 0.6) is 11.6 Å². The zero-order chi connectivity index (χ0) is 32.7. The first-order valence-corrected chi connectivity index (χ1v) is 14.5. The van der Waals surface area contributed by atoms with E-state index in [9.17, 15) is 14.0 Å². The standard InChI is InChI=1S/C34H23ClFN7O4/c1-42-17-20(16-40-42)30-28(19-4-2-5-21(37)14-19)29-32(38-18-39-33(29)47-30)46-24-10-7-22(8-11-24)41-31(44)25-6-3-13-43(34(25)45)23-9-12-27(36)26(35)15-23/h2-18H,37H2,1H3,(H,41,44). The minimum Gasteiger partial charge on any atom is -0.438 e. The first-order chi connectivity index (χ1) is 22.7. The number of hydrogen-bond donors (Lipinski definition) is 2. The Morgan fingerprint density at radius 3 is 2.60 bits per heavy atom. The molecule has 11 nitrogen and oxygen atoms in total. The van der Waals surface area contributed by atoms with Crippen LogP contribution in [0.2, 0.25) is 5.02 Å². The Hall–Kier alpha value is -6.27. The van der Waals surface area contributed by atoms with Crippen LogP contribution >= 0.6 is 11.6 Å². The second kappa shape index (κ2) is 11.9. The number of nitrogens with zero attached hydrogens (tertiary/aromatic N) is 5. The molecule has 0 aliphatic carbocycles. The lowest BCUT2D eigenvalue weighted by molar-refractivity contribution is 0.102. The lowest BCUT2D eigenvalue weighted by Gasteiger charge is -2.10. The van der Waals surface area contributed by atoms with E-state index in [-0.39, 0.29) is 16.5 Å². The number of amides is 1. The van der Waals surface area contributed by atoms with E-state index in [1.165, 1.54) is 35.3 Å². The number of aryl methyl sites for hydroxylation is 1. The average Bonchev–Trinajstić information content (AvgIpc) is 3.67. The van der Waals surface area contributed by atoms with Crippen LogP contribution in [0.25, 0.3) is 39.2 Å². The first kappa shape index (κ1) is 29.4. The third kappa shape index (κ3) is 5.69. The Morgan fingerprint density at radius 2 is 1.85 bits per heavy atom. The summed E-state index contributed by atoms with van der Waals surface area (Å²) in [4.78, 5) is 35.0. The summed E-state index contributed by atoms with van der Waals surface area (Å²) in [6.45, 7) is 0. The van der Waals surface area contributed by atoms with Crippen molar-refractivity contribution in [2.45, 2.75) is 0 Å². The average molecular weight is 648 g/mol. The number of fused-ring (bicyclic) bond motifs is 1. The van der Waals surface area contributed by atoms with Crippen LogP contribution < -0.4 is 21.3 Å². The number of nitrogen functional groups attached to an aromatic ring is 1. The molecule has 1 amide bonds. The number of carbonyl (C=O) groups excluding carboxylic acids is 1. The number of anilines is 2. The van der Waals surface area contributed by atoms with Crippen molar-refractivity contribution in [2.75, 3.05) is 11.1 Å². The number of aromatic nitrogens is 5. The van der Waals surface area contributed by atoms with Gasteiger partial charge in [-0.1, -0.05) is 23.7 Å². The van der Waals surface area contributed by atoms with Crippen LogP contribution in [0.3, 0.4) is 0 Å². The van der Waals surface area contributed by atoms with Crippen LogP contribution in [0, 0.1) is 5.82 Å². The van der Waals surface area contributed by atoms with E-state index in [1.54, 1.807) is 47.3 Å². The monoisotopic (exact) mass is 647 g/mol. The van der Waals surface area contributed by atoms with Crippen molar-refractivity contribution in [2.24, 2.45) is 7.05 Å². The molecule has 47 heavy (non-hydrogen) atoms. The van der Waals surface area contributed by atoms with Gasteiger partial charge in [0, 0.05) is 36.4 Å². The third-order valence-corrected chi connectivity index (χ3v) is 7.59. The van der Waals surface area contributed by atoms with Gasteiger partial charge >= 0.3 is 0 Å². The predicted molar refractivity (Wildman–Crippen MR) is 175 cm³/mol. The molecule has 0 bridgehead atoms. The Morgan fingerprint density at radius 1 is 1.02 bits per heavy atom. The quantitative estimate of drug-likeness (QED) is 0.179. The van der Waals surface area contributed by atoms with Crippen molar-refractivity contribution in [1.82, 2.24) is 24.3 Å². The third-order valence-electron chi connectivity index (χ3n) is 7.30. The van der Waals surface area contributed by atoms with Crippen molar-refractivity contribution in [3.63, 3.8) is 0 Å². The number of nitrogens with two attached hydrogens (primary N) is 1. The second-order valence-corrected chi connectivity index (χ2v) is 10.9. The Labute approximate surface area is 270 Å². The highest BCUT2D eigenvalue weighted by Gasteiger charge is 2.24. The molecule has 0 unspecified atom stereocenters. The molecule has 0 atom stereocenters. The molecule has 0 saturated heterocycles. The topological polar surface area (TPSA) is 143 Å². The maximum Gasteiger partial charge on any atom is 0.267 e. The molecule has 3 aromatic carbocycles. The number of carbonyl (C=O) groups is 1. The summed E-state index contributed by atoms with van der Waals surface area (Å²) in [7, 11) is 1.81. The van der Waals surface area contributed by atoms with Gasteiger partial charge in [-0.3, -0.25) is 18.8 Å². The van der Waals surface area contributed by atoms with Crippen molar-refractivity contribution < 1.29 is 18.3 Å². The van der Waals surface area contributed by atoms with Crippen LogP contribution in [-0.2, 0) is 7.05 Å². The molecule has 0 aliphatic rings. The van der Waals surface area contributed by atoms with E-state index >= 15 is 0 Å². The predicted octanol–water partition coefficient (Wildman–Crippen LogP) is 6.86. The fraction of sp³-hybridized carbons (Fsp3) is 0.0294. The molecule has 4 heterocycles. The van der Waals surface area contributed by atoms with E-state index in [0.29, 0.717) is 45.2 Å².